The van der Waals surface area contributed by atoms with Gasteiger partial charge in [0.2, 0.25) is 11.8 Å². The fourth-order valence-electron chi connectivity index (χ4n) is 4.15. The predicted octanol–water partition coefficient (Wildman–Crippen LogP) is 2.61. The number of imide groups is 1. The first-order valence-electron chi connectivity index (χ1n) is 7.70. The number of anilines is 1. The highest BCUT2D eigenvalue weighted by atomic mass is 19.3. The van der Waals surface area contributed by atoms with E-state index >= 15 is 0 Å². The van der Waals surface area contributed by atoms with Gasteiger partial charge in [-0.3, -0.25) is 9.59 Å². The van der Waals surface area contributed by atoms with Crippen molar-refractivity contribution in [2.24, 2.45) is 23.7 Å². The van der Waals surface area contributed by atoms with Gasteiger partial charge in [-0.1, -0.05) is 12.2 Å². The minimum Gasteiger partial charge on any atom is -0.493 e. The largest absolute Gasteiger partial charge is 0.493 e. The molecule has 1 aliphatic heterocycles. The fraction of sp³-hybridized carbons (Fsp3) is 0.412. The Bertz CT molecular complexity index is 718. The third-order valence-electron chi connectivity index (χ3n) is 5.09. The van der Waals surface area contributed by atoms with Gasteiger partial charge in [-0.25, -0.2) is 4.90 Å². The van der Waals surface area contributed by atoms with Crippen LogP contribution in [0.15, 0.2) is 30.4 Å². The molecule has 1 heterocycles. The molecule has 3 aliphatic rings. The van der Waals surface area contributed by atoms with Gasteiger partial charge in [-0.15, -0.1) is 0 Å². The van der Waals surface area contributed by atoms with Gasteiger partial charge < -0.3 is 9.47 Å². The van der Waals surface area contributed by atoms with Gasteiger partial charge in [-0.05, 0) is 30.4 Å². The molecule has 24 heavy (non-hydrogen) atoms. The zero-order valence-electron chi connectivity index (χ0n) is 12.8. The lowest BCUT2D eigenvalue weighted by molar-refractivity contribution is -0.123. The van der Waals surface area contributed by atoms with Gasteiger partial charge in [0.25, 0.3) is 0 Å². The van der Waals surface area contributed by atoms with E-state index < -0.39 is 6.61 Å². The average molecular weight is 335 g/mol. The number of allylic oxidation sites excluding steroid dienone is 2. The molecular formula is C17H15F2NO4. The molecule has 0 radical (unpaired) electrons. The summed E-state index contributed by atoms with van der Waals surface area (Å²) in [6.45, 7) is -3.03. The smallest absolute Gasteiger partial charge is 0.387 e. The Balaban J connectivity index is 1.69. The van der Waals surface area contributed by atoms with E-state index in [4.69, 9.17) is 4.74 Å². The normalized spacial score (nSPS) is 30.4. The number of halogens is 2. The Kier molecular flexibility index (Phi) is 3.33. The summed E-state index contributed by atoms with van der Waals surface area (Å²) in [4.78, 5) is 26.5. The van der Waals surface area contributed by atoms with Crippen LogP contribution in [0.5, 0.6) is 11.5 Å². The maximum absolute atomic E-state index is 12.7. The topological polar surface area (TPSA) is 55.8 Å². The SMILES string of the molecule is COc1ccc(N2C(=O)C3C4C=CC(C4)C3C2=O)cc1OC(F)F. The highest BCUT2D eigenvalue weighted by Gasteiger charge is 2.59. The molecular weight excluding hydrogens is 320 g/mol. The molecule has 2 fully saturated rings. The number of ether oxygens (including phenoxy) is 2. The number of carbonyl (C=O) groups excluding carboxylic acids is 2. The summed E-state index contributed by atoms with van der Waals surface area (Å²) in [6.07, 6.45) is 4.84. The standard InChI is InChI=1S/C17H15F2NO4/c1-23-11-5-4-10(7-12(11)24-17(18)19)20-15(21)13-8-2-3-9(6-8)14(13)16(20)22/h2-5,7-9,13-14,17H,6H2,1H3. The Labute approximate surface area is 136 Å². The summed E-state index contributed by atoms with van der Waals surface area (Å²) in [7, 11) is 1.33. The monoisotopic (exact) mass is 335 g/mol. The molecule has 4 rings (SSSR count). The average Bonchev–Trinajstić information content (AvgIpc) is 3.21. The predicted molar refractivity (Wildman–Crippen MR) is 79.8 cm³/mol. The summed E-state index contributed by atoms with van der Waals surface area (Å²) >= 11 is 0. The molecule has 0 N–H and O–H groups in total. The molecule has 2 aliphatic carbocycles. The van der Waals surface area contributed by atoms with Gasteiger partial charge in [0.05, 0.1) is 24.6 Å². The molecule has 1 aromatic rings. The van der Waals surface area contributed by atoms with E-state index in [-0.39, 0.29) is 52.7 Å². The molecule has 2 amide bonds. The van der Waals surface area contributed by atoms with Crippen LogP contribution in [0.4, 0.5) is 14.5 Å². The summed E-state index contributed by atoms with van der Waals surface area (Å²) < 4.78 is 34.5. The summed E-state index contributed by atoms with van der Waals surface area (Å²) in [6, 6.07) is 4.16. The van der Waals surface area contributed by atoms with Gasteiger partial charge in [-0.2, -0.15) is 8.78 Å². The molecule has 4 unspecified atom stereocenters. The molecule has 1 saturated carbocycles. The fourth-order valence-corrected chi connectivity index (χ4v) is 4.15. The minimum absolute atomic E-state index is 0.0940. The Morgan fingerprint density at radius 1 is 1.08 bits per heavy atom. The lowest BCUT2D eigenvalue weighted by atomic mass is 9.85. The molecule has 2 bridgehead atoms. The third-order valence-corrected chi connectivity index (χ3v) is 5.09. The molecule has 0 spiro atoms. The van der Waals surface area contributed by atoms with Crippen LogP contribution in [-0.2, 0) is 9.59 Å². The summed E-state index contributed by atoms with van der Waals surface area (Å²) in [5.41, 5.74) is 0.232. The van der Waals surface area contributed by atoms with E-state index in [9.17, 15) is 18.4 Å². The number of fused-ring (bicyclic) bond motifs is 5. The molecule has 1 saturated heterocycles. The molecule has 0 aromatic heterocycles. The van der Waals surface area contributed by atoms with Crippen molar-refractivity contribution in [1.29, 1.82) is 0 Å². The lowest BCUT2D eigenvalue weighted by Crippen LogP contribution is -2.32. The van der Waals surface area contributed by atoms with Crippen LogP contribution in [0, 0.1) is 23.7 Å². The highest BCUT2D eigenvalue weighted by Crippen LogP contribution is 2.53. The number of hydrogen-bond acceptors (Lipinski definition) is 4. The van der Waals surface area contributed by atoms with Crippen molar-refractivity contribution in [2.45, 2.75) is 13.0 Å². The van der Waals surface area contributed by atoms with Crippen molar-refractivity contribution in [3.63, 3.8) is 0 Å². The second-order valence-corrected chi connectivity index (χ2v) is 6.23. The van der Waals surface area contributed by atoms with Gasteiger partial charge in [0, 0.05) is 6.07 Å². The van der Waals surface area contributed by atoms with Crippen molar-refractivity contribution < 1.29 is 27.8 Å². The second-order valence-electron chi connectivity index (χ2n) is 6.23. The van der Waals surface area contributed by atoms with Crippen LogP contribution < -0.4 is 14.4 Å². The van der Waals surface area contributed by atoms with Gasteiger partial charge >= 0.3 is 6.61 Å². The van der Waals surface area contributed by atoms with Crippen molar-refractivity contribution in [3.05, 3.63) is 30.4 Å². The van der Waals surface area contributed by atoms with Crippen molar-refractivity contribution in [3.8, 4) is 11.5 Å². The molecule has 1 aromatic carbocycles. The van der Waals surface area contributed by atoms with E-state index in [2.05, 4.69) is 4.74 Å². The number of benzene rings is 1. The van der Waals surface area contributed by atoms with Gasteiger partial charge in [0.15, 0.2) is 11.5 Å². The van der Waals surface area contributed by atoms with E-state index in [1.807, 2.05) is 12.2 Å². The number of rotatable bonds is 4. The van der Waals surface area contributed by atoms with E-state index in [0.717, 1.165) is 11.3 Å². The minimum atomic E-state index is -3.03. The van der Waals surface area contributed by atoms with Crippen LogP contribution in [0.2, 0.25) is 0 Å². The summed E-state index contributed by atoms with van der Waals surface area (Å²) in [5.74, 6) is -1.12. The van der Waals surface area contributed by atoms with Crippen LogP contribution in [0.3, 0.4) is 0 Å². The first-order valence-corrected chi connectivity index (χ1v) is 7.70. The Morgan fingerprint density at radius 3 is 2.25 bits per heavy atom. The quantitative estimate of drug-likeness (QED) is 0.627. The van der Waals surface area contributed by atoms with Crippen LogP contribution in [0.1, 0.15) is 6.42 Å². The van der Waals surface area contributed by atoms with E-state index in [1.165, 1.54) is 25.3 Å². The highest BCUT2D eigenvalue weighted by molar-refractivity contribution is 6.22. The van der Waals surface area contributed by atoms with E-state index in [1.54, 1.807) is 0 Å². The Morgan fingerprint density at radius 2 is 1.71 bits per heavy atom. The number of nitrogens with zero attached hydrogens (tertiary/aromatic N) is 1. The zero-order valence-corrected chi connectivity index (χ0v) is 12.8. The van der Waals surface area contributed by atoms with E-state index in [0.29, 0.717) is 0 Å². The van der Waals surface area contributed by atoms with Crippen LogP contribution in [-0.4, -0.2) is 25.5 Å². The molecule has 4 atom stereocenters. The van der Waals surface area contributed by atoms with Crippen molar-refractivity contribution >= 4 is 17.5 Å². The van der Waals surface area contributed by atoms with Gasteiger partial charge in [0.1, 0.15) is 0 Å². The maximum atomic E-state index is 12.7. The summed E-state index contributed by atoms with van der Waals surface area (Å²) in [5, 5.41) is 0. The molecule has 5 nitrogen and oxygen atoms in total. The maximum Gasteiger partial charge on any atom is 0.387 e. The number of amides is 2. The molecule has 7 heteroatoms. The number of carbonyl (C=O) groups is 2. The third kappa shape index (κ3) is 2.03. The first-order chi connectivity index (χ1) is 11.5. The number of alkyl halides is 2. The first kappa shape index (κ1) is 15.1. The van der Waals surface area contributed by atoms with Crippen molar-refractivity contribution in [1.82, 2.24) is 0 Å². The van der Waals surface area contributed by atoms with Crippen molar-refractivity contribution in [2.75, 3.05) is 12.0 Å². The lowest BCUT2D eigenvalue weighted by Gasteiger charge is -2.19. The number of hydrogen-bond donors (Lipinski definition) is 0. The second kappa shape index (κ2) is 5.29. The van der Waals surface area contributed by atoms with Crippen LogP contribution in [0.25, 0.3) is 0 Å². The Hall–Kier alpha value is -2.44. The van der Waals surface area contributed by atoms with Crippen LogP contribution >= 0.6 is 0 Å². The number of methoxy groups -OCH3 is 1. The molecule has 126 valence electrons. The zero-order chi connectivity index (χ0) is 17.0.